The number of hydrogen-bond acceptors (Lipinski definition) is 2. The van der Waals surface area contributed by atoms with Crippen molar-refractivity contribution in [3.05, 3.63) is 0 Å². The molecule has 0 saturated carbocycles. The first-order valence-electron chi connectivity index (χ1n) is 5.16. The Morgan fingerprint density at radius 1 is 1.54 bits per heavy atom. The van der Waals surface area contributed by atoms with Crippen LogP contribution in [-0.2, 0) is 4.79 Å². The van der Waals surface area contributed by atoms with Gasteiger partial charge in [0.1, 0.15) is 6.61 Å². The van der Waals surface area contributed by atoms with Crippen molar-refractivity contribution in [1.29, 1.82) is 0 Å². The maximum atomic E-state index is 11.0. The van der Waals surface area contributed by atoms with E-state index < -0.39 is 0 Å². The van der Waals surface area contributed by atoms with Gasteiger partial charge in [-0.1, -0.05) is 27.2 Å². The molecule has 3 nitrogen and oxygen atoms in total. The lowest BCUT2D eigenvalue weighted by Crippen LogP contribution is -2.30. The zero-order valence-electron chi connectivity index (χ0n) is 8.92. The lowest BCUT2D eigenvalue weighted by atomic mass is 10.1. The molecule has 1 aliphatic rings. The third-order valence-corrected chi connectivity index (χ3v) is 2.35. The number of hydrogen-bond donors (Lipinski definition) is 1. The summed E-state index contributed by atoms with van der Waals surface area (Å²) in [5, 5.41) is 8.56. The Morgan fingerprint density at radius 3 is 2.54 bits per heavy atom. The average molecular weight is 187 g/mol. The molecule has 0 aromatic carbocycles. The summed E-state index contributed by atoms with van der Waals surface area (Å²) >= 11 is 0. The first kappa shape index (κ1) is 12.4. The highest BCUT2D eigenvalue weighted by Gasteiger charge is 2.23. The third kappa shape index (κ3) is 3.77. The summed E-state index contributed by atoms with van der Waals surface area (Å²) in [6.45, 7) is 7.47. The number of nitrogens with zero attached hydrogens (tertiary/aromatic N) is 1. The standard InChI is InChI=1S/C8H15NO2.C2H6/c1-2-7-3-4-9(5-7)8(11)6-10;1-2/h7,10H,2-6H2,1H3;1-2H3. The van der Waals surface area contributed by atoms with Crippen LogP contribution in [0.1, 0.15) is 33.6 Å². The SMILES string of the molecule is CC.CCC1CCN(C(=O)CO)C1. The Hall–Kier alpha value is -0.570. The molecular weight excluding hydrogens is 166 g/mol. The molecule has 0 aromatic rings. The minimum atomic E-state index is -0.337. The summed E-state index contributed by atoms with van der Waals surface area (Å²) in [6.07, 6.45) is 2.23. The smallest absolute Gasteiger partial charge is 0.248 e. The van der Waals surface area contributed by atoms with E-state index in [1.807, 2.05) is 13.8 Å². The zero-order valence-corrected chi connectivity index (χ0v) is 8.92. The van der Waals surface area contributed by atoms with E-state index in [9.17, 15) is 4.79 Å². The Morgan fingerprint density at radius 2 is 2.15 bits per heavy atom. The Kier molecular flexibility index (Phi) is 6.59. The second kappa shape index (κ2) is 6.89. The van der Waals surface area contributed by atoms with Crippen LogP contribution >= 0.6 is 0 Å². The molecule has 0 aromatic heterocycles. The summed E-state index contributed by atoms with van der Waals surface area (Å²) in [5.41, 5.74) is 0. The van der Waals surface area contributed by atoms with Crippen molar-refractivity contribution in [2.75, 3.05) is 19.7 Å². The number of carbonyl (C=O) groups is 1. The van der Waals surface area contributed by atoms with Crippen LogP contribution in [0.4, 0.5) is 0 Å². The number of rotatable bonds is 2. The number of aliphatic hydroxyl groups excluding tert-OH is 1. The molecule has 1 N–H and O–H groups in total. The molecule has 1 saturated heterocycles. The van der Waals surface area contributed by atoms with E-state index in [0.717, 1.165) is 25.9 Å². The van der Waals surface area contributed by atoms with E-state index in [1.165, 1.54) is 0 Å². The van der Waals surface area contributed by atoms with Crippen LogP contribution in [0.15, 0.2) is 0 Å². The van der Waals surface area contributed by atoms with E-state index in [2.05, 4.69) is 6.92 Å². The highest BCUT2D eigenvalue weighted by atomic mass is 16.3. The summed E-state index contributed by atoms with van der Waals surface area (Å²) in [4.78, 5) is 12.7. The molecule has 1 unspecified atom stereocenters. The average Bonchev–Trinajstić information content (AvgIpc) is 2.68. The van der Waals surface area contributed by atoms with Gasteiger partial charge < -0.3 is 10.0 Å². The fourth-order valence-electron chi connectivity index (χ4n) is 1.49. The van der Waals surface area contributed by atoms with E-state index in [4.69, 9.17) is 5.11 Å². The van der Waals surface area contributed by atoms with Crippen molar-refractivity contribution in [2.24, 2.45) is 5.92 Å². The number of likely N-dealkylation sites (tertiary alicyclic amines) is 1. The fourth-order valence-corrected chi connectivity index (χ4v) is 1.49. The number of carbonyl (C=O) groups excluding carboxylic acids is 1. The molecule has 0 spiro atoms. The van der Waals surface area contributed by atoms with Gasteiger partial charge in [0, 0.05) is 13.1 Å². The van der Waals surface area contributed by atoms with Gasteiger partial charge in [-0.15, -0.1) is 0 Å². The van der Waals surface area contributed by atoms with Crippen LogP contribution in [0.2, 0.25) is 0 Å². The van der Waals surface area contributed by atoms with Crippen molar-refractivity contribution in [3.63, 3.8) is 0 Å². The highest BCUT2D eigenvalue weighted by molar-refractivity contribution is 5.77. The summed E-state index contributed by atoms with van der Waals surface area (Å²) < 4.78 is 0. The molecule has 3 heteroatoms. The Bertz CT molecular complexity index is 148. The maximum Gasteiger partial charge on any atom is 0.248 e. The second-order valence-electron chi connectivity index (χ2n) is 3.06. The minimum absolute atomic E-state index is 0.124. The molecule has 78 valence electrons. The maximum absolute atomic E-state index is 11.0. The lowest BCUT2D eigenvalue weighted by Gasteiger charge is -2.13. The van der Waals surface area contributed by atoms with Gasteiger partial charge in [0.25, 0.3) is 0 Å². The largest absolute Gasteiger partial charge is 0.387 e. The first-order valence-corrected chi connectivity index (χ1v) is 5.16. The van der Waals surface area contributed by atoms with Gasteiger partial charge in [-0.25, -0.2) is 0 Å². The van der Waals surface area contributed by atoms with Crippen LogP contribution in [0, 0.1) is 5.92 Å². The van der Waals surface area contributed by atoms with Crippen LogP contribution < -0.4 is 0 Å². The predicted molar refractivity (Wildman–Crippen MR) is 53.4 cm³/mol. The normalized spacial score (nSPS) is 20.9. The summed E-state index contributed by atoms with van der Waals surface area (Å²) in [7, 11) is 0. The molecule has 1 fully saturated rings. The van der Waals surface area contributed by atoms with Crippen molar-refractivity contribution in [3.8, 4) is 0 Å². The van der Waals surface area contributed by atoms with Crippen LogP contribution in [-0.4, -0.2) is 35.6 Å². The monoisotopic (exact) mass is 187 g/mol. The quantitative estimate of drug-likeness (QED) is 0.707. The van der Waals surface area contributed by atoms with E-state index in [0.29, 0.717) is 5.92 Å². The van der Waals surface area contributed by atoms with E-state index in [1.54, 1.807) is 4.90 Å². The molecule has 0 aliphatic carbocycles. The molecule has 1 atom stereocenters. The number of aliphatic hydroxyl groups is 1. The van der Waals surface area contributed by atoms with E-state index in [-0.39, 0.29) is 12.5 Å². The van der Waals surface area contributed by atoms with Crippen molar-refractivity contribution < 1.29 is 9.90 Å². The van der Waals surface area contributed by atoms with Gasteiger partial charge in [0.2, 0.25) is 5.91 Å². The summed E-state index contributed by atoms with van der Waals surface area (Å²) in [6, 6.07) is 0. The molecular formula is C10H21NO2. The summed E-state index contributed by atoms with van der Waals surface area (Å²) in [5.74, 6) is 0.534. The Balaban J connectivity index is 0.000000671. The van der Waals surface area contributed by atoms with Gasteiger partial charge in [0.15, 0.2) is 0 Å². The topological polar surface area (TPSA) is 40.5 Å². The van der Waals surface area contributed by atoms with Crippen molar-refractivity contribution in [2.45, 2.75) is 33.6 Å². The van der Waals surface area contributed by atoms with Gasteiger partial charge in [-0.05, 0) is 12.3 Å². The van der Waals surface area contributed by atoms with Gasteiger partial charge >= 0.3 is 0 Å². The first-order chi connectivity index (χ1) is 6.27. The lowest BCUT2D eigenvalue weighted by molar-refractivity contribution is -0.133. The molecule has 1 heterocycles. The molecule has 0 bridgehead atoms. The molecule has 13 heavy (non-hydrogen) atoms. The molecule has 1 amide bonds. The Labute approximate surface area is 80.7 Å². The van der Waals surface area contributed by atoms with Gasteiger partial charge in [-0.3, -0.25) is 4.79 Å². The van der Waals surface area contributed by atoms with Crippen molar-refractivity contribution in [1.82, 2.24) is 4.90 Å². The van der Waals surface area contributed by atoms with Gasteiger partial charge in [-0.2, -0.15) is 0 Å². The second-order valence-corrected chi connectivity index (χ2v) is 3.06. The molecule has 1 rings (SSSR count). The van der Waals surface area contributed by atoms with Crippen LogP contribution in [0.3, 0.4) is 0 Å². The van der Waals surface area contributed by atoms with Crippen LogP contribution in [0.5, 0.6) is 0 Å². The third-order valence-electron chi connectivity index (χ3n) is 2.35. The van der Waals surface area contributed by atoms with E-state index >= 15 is 0 Å². The fraction of sp³-hybridized carbons (Fsp3) is 0.900. The number of amides is 1. The van der Waals surface area contributed by atoms with Crippen molar-refractivity contribution >= 4 is 5.91 Å². The molecule has 0 radical (unpaired) electrons. The molecule has 1 aliphatic heterocycles. The highest BCUT2D eigenvalue weighted by Crippen LogP contribution is 2.18. The minimum Gasteiger partial charge on any atom is -0.387 e. The van der Waals surface area contributed by atoms with Crippen LogP contribution in [0.25, 0.3) is 0 Å². The predicted octanol–water partition coefficient (Wildman–Crippen LogP) is 1.26. The zero-order chi connectivity index (χ0) is 10.3. The van der Waals surface area contributed by atoms with Gasteiger partial charge in [0.05, 0.1) is 0 Å².